The molecule has 0 bridgehead atoms. The second kappa shape index (κ2) is 3.90. The molecule has 0 unspecified atom stereocenters. The molecule has 1 rings (SSSR count). The molecule has 0 aliphatic carbocycles. The third-order valence-corrected chi connectivity index (χ3v) is 1.76. The van der Waals surface area contributed by atoms with E-state index >= 15 is 0 Å². The van der Waals surface area contributed by atoms with Crippen molar-refractivity contribution >= 4 is 0 Å². The van der Waals surface area contributed by atoms with Gasteiger partial charge in [-0.1, -0.05) is 26.0 Å². The second-order valence-electron chi connectivity index (χ2n) is 3.27. The minimum absolute atomic E-state index is 0.163. The molecule has 0 spiro atoms. The standard InChI is InChI=1S/C10H11F3O/c1-7(2)8-4-3-5-9(6-8)14-10(11,12)13/h3-7H,1-2H3. The molecule has 0 radical (unpaired) electrons. The Morgan fingerprint density at radius 1 is 1.21 bits per heavy atom. The monoisotopic (exact) mass is 204 g/mol. The lowest BCUT2D eigenvalue weighted by atomic mass is 10.0. The van der Waals surface area contributed by atoms with Crippen LogP contribution in [0, 0.1) is 0 Å². The summed E-state index contributed by atoms with van der Waals surface area (Å²) in [4.78, 5) is 0. The van der Waals surface area contributed by atoms with Crippen molar-refractivity contribution in [2.24, 2.45) is 0 Å². The lowest BCUT2D eigenvalue weighted by molar-refractivity contribution is -0.274. The van der Waals surface area contributed by atoms with E-state index in [1.807, 2.05) is 13.8 Å². The smallest absolute Gasteiger partial charge is 0.406 e. The zero-order chi connectivity index (χ0) is 10.8. The molecule has 4 heteroatoms. The summed E-state index contributed by atoms with van der Waals surface area (Å²) in [5.74, 6) is 0.0236. The number of ether oxygens (including phenoxy) is 1. The first kappa shape index (κ1) is 10.9. The Morgan fingerprint density at radius 2 is 1.86 bits per heavy atom. The van der Waals surface area contributed by atoms with Crippen LogP contribution in [0.1, 0.15) is 25.3 Å². The van der Waals surface area contributed by atoms with Crippen LogP contribution < -0.4 is 4.74 Å². The number of alkyl halides is 3. The first-order chi connectivity index (χ1) is 6.38. The Hall–Kier alpha value is -1.19. The summed E-state index contributed by atoms with van der Waals surface area (Å²) in [6.45, 7) is 3.82. The molecule has 0 aromatic heterocycles. The number of benzene rings is 1. The summed E-state index contributed by atoms with van der Waals surface area (Å²) in [6, 6.07) is 6.02. The second-order valence-corrected chi connectivity index (χ2v) is 3.27. The lowest BCUT2D eigenvalue weighted by Gasteiger charge is -2.11. The van der Waals surface area contributed by atoms with Crippen LogP contribution >= 0.6 is 0 Å². The van der Waals surface area contributed by atoms with Crippen molar-refractivity contribution in [3.8, 4) is 5.75 Å². The summed E-state index contributed by atoms with van der Waals surface area (Å²) in [5, 5.41) is 0. The van der Waals surface area contributed by atoms with Crippen LogP contribution in [0.25, 0.3) is 0 Å². The predicted molar refractivity (Wildman–Crippen MR) is 47.2 cm³/mol. The minimum atomic E-state index is -4.62. The number of hydrogen-bond donors (Lipinski definition) is 0. The van der Waals surface area contributed by atoms with Crippen molar-refractivity contribution in [2.75, 3.05) is 0 Å². The zero-order valence-corrected chi connectivity index (χ0v) is 7.93. The van der Waals surface area contributed by atoms with Gasteiger partial charge < -0.3 is 4.74 Å². The van der Waals surface area contributed by atoms with Gasteiger partial charge in [0.2, 0.25) is 0 Å². The van der Waals surface area contributed by atoms with E-state index in [0.717, 1.165) is 5.56 Å². The number of rotatable bonds is 2. The van der Waals surface area contributed by atoms with Crippen LogP contribution in [-0.2, 0) is 0 Å². The molecular weight excluding hydrogens is 193 g/mol. The SMILES string of the molecule is CC(C)c1cccc(OC(F)(F)F)c1. The van der Waals surface area contributed by atoms with Gasteiger partial charge in [0.1, 0.15) is 5.75 Å². The van der Waals surface area contributed by atoms with Crippen molar-refractivity contribution in [1.29, 1.82) is 0 Å². The van der Waals surface area contributed by atoms with E-state index in [4.69, 9.17) is 0 Å². The van der Waals surface area contributed by atoms with Gasteiger partial charge in [0.25, 0.3) is 0 Å². The van der Waals surface area contributed by atoms with Gasteiger partial charge in [-0.05, 0) is 23.6 Å². The third kappa shape index (κ3) is 3.28. The molecule has 0 N–H and O–H groups in total. The normalized spacial score (nSPS) is 11.9. The maximum absolute atomic E-state index is 11.9. The molecule has 1 aromatic rings. The van der Waals surface area contributed by atoms with Gasteiger partial charge in [-0.25, -0.2) is 0 Å². The minimum Gasteiger partial charge on any atom is -0.406 e. The average Bonchev–Trinajstić information content (AvgIpc) is 2.01. The van der Waals surface area contributed by atoms with Crippen molar-refractivity contribution in [3.63, 3.8) is 0 Å². The molecule has 0 aliphatic heterocycles. The summed E-state index contributed by atoms with van der Waals surface area (Å²) in [5.41, 5.74) is 0.826. The van der Waals surface area contributed by atoms with E-state index in [0.29, 0.717) is 0 Å². The van der Waals surface area contributed by atoms with Crippen molar-refractivity contribution in [3.05, 3.63) is 29.8 Å². The molecule has 14 heavy (non-hydrogen) atoms. The Balaban J connectivity index is 2.84. The van der Waals surface area contributed by atoms with E-state index in [1.54, 1.807) is 12.1 Å². The van der Waals surface area contributed by atoms with E-state index < -0.39 is 6.36 Å². The Labute approximate surface area is 80.5 Å². The summed E-state index contributed by atoms with van der Waals surface area (Å²) in [6.07, 6.45) is -4.62. The highest BCUT2D eigenvalue weighted by Gasteiger charge is 2.31. The van der Waals surface area contributed by atoms with Crippen LogP contribution in [0.2, 0.25) is 0 Å². The maximum atomic E-state index is 11.9. The van der Waals surface area contributed by atoms with Gasteiger partial charge in [-0.2, -0.15) is 0 Å². The van der Waals surface area contributed by atoms with Crippen LogP contribution in [0.3, 0.4) is 0 Å². The summed E-state index contributed by atoms with van der Waals surface area (Å²) in [7, 11) is 0. The lowest BCUT2D eigenvalue weighted by Crippen LogP contribution is -2.17. The summed E-state index contributed by atoms with van der Waals surface area (Å²) >= 11 is 0. The molecule has 0 saturated carbocycles. The molecule has 0 atom stereocenters. The first-order valence-electron chi connectivity index (χ1n) is 4.24. The highest BCUT2D eigenvalue weighted by molar-refractivity contribution is 5.30. The highest BCUT2D eigenvalue weighted by atomic mass is 19.4. The molecule has 0 saturated heterocycles. The fraction of sp³-hybridized carbons (Fsp3) is 0.400. The largest absolute Gasteiger partial charge is 0.573 e. The van der Waals surface area contributed by atoms with E-state index in [-0.39, 0.29) is 11.7 Å². The van der Waals surface area contributed by atoms with Gasteiger partial charge in [-0.3, -0.25) is 0 Å². The molecule has 1 nitrogen and oxygen atoms in total. The van der Waals surface area contributed by atoms with Gasteiger partial charge >= 0.3 is 6.36 Å². The summed E-state index contributed by atoms with van der Waals surface area (Å²) < 4.78 is 39.3. The van der Waals surface area contributed by atoms with Crippen molar-refractivity contribution < 1.29 is 17.9 Å². The van der Waals surface area contributed by atoms with E-state index in [2.05, 4.69) is 4.74 Å². The van der Waals surface area contributed by atoms with E-state index in [1.165, 1.54) is 12.1 Å². The Bertz CT molecular complexity index is 304. The zero-order valence-electron chi connectivity index (χ0n) is 7.93. The van der Waals surface area contributed by atoms with Crippen LogP contribution in [-0.4, -0.2) is 6.36 Å². The van der Waals surface area contributed by atoms with Crippen LogP contribution in [0.5, 0.6) is 5.75 Å². The van der Waals surface area contributed by atoms with Gasteiger partial charge in [0.05, 0.1) is 0 Å². The number of halogens is 3. The Morgan fingerprint density at radius 3 is 2.36 bits per heavy atom. The van der Waals surface area contributed by atoms with Gasteiger partial charge in [0.15, 0.2) is 0 Å². The highest BCUT2D eigenvalue weighted by Crippen LogP contribution is 2.25. The molecule has 0 amide bonds. The molecule has 1 aromatic carbocycles. The fourth-order valence-corrected chi connectivity index (χ4v) is 1.07. The van der Waals surface area contributed by atoms with Crippen LogP contribution in [0.4, 0.5) is 13.2 Å². The predicted octanol–water partition coefficient (Wildman–Crippen LogP) is 3.71. The molecule has 78 valence electrons. The third-order valence-electron chi connectivity index (χ3n) is 1.76. The molecule has 0 heterocycles. The topological polar surface area (TPSA) is 9.23 Å². The molecular formula is C10H11F3O. The fourth-order valence-electron chi connectivity index (χ4n) is 1.07. The van der Waals surface area contributed by atoms with Gasteiger partial charge in [0, 0.05) is 0 Å². The average molecular weight is 204 g/mol. The van der Waals surface area contributed by atoms with E-state index in [9.17, 15) is 13.2 Å². The number of hydrogen-bond acceptors (Lipinski definition) is 1. The quantitative estimate of drug-likeness (QED) is 0.713. The Kier molecular flexibility index (Phi) is 3.03. The molecule has 0 aliphatic rings. The first-order valence-corrected chi connectivity index (χ1v) is 4.24. The van der Waals surface area contributed by atoms with Gasteiger partial charge in [-0.15, -0.1) is 13.2 Å². The molecule has 0 fully saturated rings. The maximum Gasteiger partial charge on any atom is 0.573 e. The van der Waals surface area contributed by atoms with Crippen molar-refractivity contribution in [1.82, 2.24) is 0 Å². The van der Waals surface area contributed by atoms with Crippen LogP contribution in [0.15, 0.2) is 24.3 Å². The van der Waals surface area contributed by atoms with Crippen molar-refractivity contribution in [2.45, 2.75) is 26.1 Å².